The molecule has 1 aromatic rings. The van der Waals surface area contributed by atoms with Gasteiger partial charge in [-0.3, -0.25) is 0 Å². The van der Waals surface area contributed by atoms with Crippen molar-refractivity contribution in [3.8, 4) is 6.07 Å². The van der Waals surface area contributed by atoms with Gasteiger partial charge in [0.25, 0.3) is 9.05 Å². The van der Waals surface area contributed by atoms with Crippen molar-refractivity contribution in [3.63, 3.8) is 0 Å². The Balaban J connectivity index is 3.57. The SMILES string of the molecule is N#Cc1ccc(S(=O)(=O)Cl)c(Br)c1Br. The molecule has 0 unspecified atom stereocenters. The van der Waals surface area contributed by atoms with Gasteiger partial charge >= 0.3 is 0 Å². The van der Waals surface area contributed by atoms with E-state index in [1.807, 2.05) is 6.07 Å². The smallest absolute Gasteiger partial charge is 0.207 e. The Morgan fingerprint density at radius 2 is 1.86 bits per heavy atom. The molecule has 1 rings (SSSR count). The standard InChI is InChI=1S/C7H2Br2ClNO2S/c8-6-4(3-11)1-2-5(7(6)9)14(10,12)13/h1-2H. The number of benzene rings is 1. The van der Waals surface area contributed by atoms with Crippen molar-refractivity contribution in [3.05, 3.63) is 26.6 Å². The summed E-state index contributed by atoms with van der Waals surface area (Å²) in [5.41, 5.74) is 0.334. The Bertz CT molecular complexity index is 521. The lowest BCUT2D eigenvalue weighted by Gasteiger charge is -2.03. The third kappa shape index (κ3) is 2.28. The van der Waals surface area contributed by atoms with Crippen LogP contribution in [0.4, 0.5) is 0 Å². The van der Waals surface area contributed by atoms with E-state index in [4.69, 9.17) is 15.9 Å². The van der Waals surface area contributed by atoms with Gasteiger partial charge in [-0.2, -0.15) is 5.26 Å². The summed E-state index contributed by atoms with van der Waals surface area (Å²) in [4.78, 5) is -0.0648. The van der Waals surface area contributed by atoms with Crippen LogP contribution in [0, 0.1) is 11.3 Å². The van der Waals surface area contributed by atoms with Gasteiger partial charge in [-0.15, -0.1) is 0 Å². The number of nitrogens with zero attached hydrogens (tertiary/aromatic N) is 1. The van der Waals surface area contributed by atoms with Gasteiger partial charge < -0.3 is 0 Å². The molecular weight excluding hydrogens is 357 g/mol. The molecule has 14 heavy (non-hydrogen) atoms. The highest BCUT2D eigenvalue weighted by molar-refractivity contribution is 9.13. The van der Waals surface area contributed by atoms with E-state index in [2.05, 4.69) is 31.9 Å². The Labute approximate surface area is 102 Å². The highest BCUT2D eigenvalue weighted by atomic mass is 79.9. The van der Waals surface area contributed by atoms with E-state index in [0.29, 0.717) is 10.0 Å². The number of hydrogen-bond donors (Lipinski definition) is 0. The highest BCUT2D eigenvalue weighted by Gasteiger charge is 2.18. The van der Waals surface area contributed by atoms with Gasteiger partial charge in [0.05, 0.1) is 19.4 Å². The van der Waals surface area contributed by atoms with Gasteiger partial charge in [0.1, 0.15) is 6.07 Å². The molecule has 0 N–H and O–H groups in total. The van der Waals surface area contributed by atoms with E-state index < -0.39 is 9.05 Å². The van der Waals surface area contributed by atoms with Crippen molar-refractivity contribution in [2.45, 2.75) is 4.90 Å². The number of rotatable bonds is 1. The van der Waals surface area contributed by atoms with E-state index in [1.165, 1.54) is 12.1 Å². The molecule has 0 aliphatic carbocycles. The Morgan fingerprint density at radius 3 is 2.29 bits per heavy atom. The topological polar surface area (TPSA) is 57.9 Å². The van der Waals surface area contributed by atoms with Gasteiger partial charge in [0.15, 0.2) is 0 Å². The van der Waals surface area contributed by atoms with Crippen molar-refractivity contribution >= 4 is 51.6 Å². The largest absolute Gasteiger partial charge is 0.262 e. The van der Waals surface area contributed by atoms with Crippen LogP contribution in [0.25, 0.3) is 0 Å². The molecule has 7 heteroatoms. The van der Waals surface area contributed by atoms with Crippen LogP contribution in [0.3, 0.4) is 0 Å². The predicted octanol–water partition coefficient (Wildman–Crippen LogP) is 3.01. The highest BCUT2D eigenvalue weighted by Crippen LogP contribution is 2.34. The Kier molecular flexibility index (Phi) is 3.58. The fourth-order valence-corrected chi connectivity index (χ4v) is 3.57. The van der Waals surface area contributed by atoms with Crippen LogP contribution in [0.5, 0.6) is 0 Å². The second-order valence-corrected chi connectivity index (χ2v) is 6.41. The third-order valence-electron chi connectivity index (χ3n) is 1.43. The van der Waals surface area contributed by atoms with Crippen LogP contribution >= 0.6 is 42.5 Å². The summed E-state index contributed by atoms with van der Waals surface area (Å²) in [5, 5.41) is 8.65. The first-order chi connectivity index (χ1) is 6.38. The monoisotopic (exact) mass is 357 g/mol. The summed E-state index contributed by atoms with van der Waals surface area (Å²) in [7, 11) is 1.37. The second-order valence-electron chi connectivity index (χ2n) is 2.29. The van der Waals surface area contributed by atoms with Gasteiger partial charge in [0, 0.05) is 10.7 Å². The van der Waals surface area contributed by atoms with Gasteiger partial charge in [0.2, 0.25) is 0 Å². The van der Waals surface area contributed by atoms with E-state index in [-0.39, 0.29) is 9.37 Å². The molecule has 0 radical (unpaired) electrons. The van der Waals surface area contributed by atoms with E-state index in [1.54, 1.807) is 0 Å². The molecule has 0 amide bonds. The lowest BCUT2D eigenvalue weighted by atomic mass is 10.2. The fraction of sp³-hybridized carbons (Fsp3) is 0. The summed E-state index contributed by atoms with van der Waals surface area (Å²) >= 11 is 6.14. The normalized spacial score (nSPS) is 11.0. The van der Waals surface area contributed by atoms with Crippen LogP contribution in [0.1, 0.15) is 5.56 Å². The minimum atomic E-state index is -3.80. The second kappa shape index (κ2) is 4.19. The Hall–Kier alpha value is -0.0900. The minimum Gasteiger partial charge on any atom is -0.207 e. The molecule has 0 aliphatic rings. The van der Waals surface area contributed by atoms with E-state index in [0.717, 1.165) is 0 Å². The molecule has 0 saturated heterocycles. The molecule has 0 aliphatic heterocycles. The molecule has 0 bridgehead atoms. The molecule has 74 valence electrons. The quantitative estimate of drug-likeness (QED) is 0.724. The lowest BCUT2D eigenvalue weighted by molar-refractivity contribution is 0.609. The van der Waals surface area contributed by atoms with Gasteiger partial charge in [-0.25, -0.2) is 8.42 Å². The predicted molar refractivity (Wildman–Crippen MR) is 59.6 cm³/mol. The van der Waals surface area contributed by atoms with Crippen molar-refractivity contribution in [1.29, 1.82) is 5.26 Å². The zero-order valence-corrected chi connectivity index (χ0v) is 11.2. The first-order valence-electron chi connectivity index (χ1n) is 3.20. The van der Waals surface area contributed by atoms with Gasteiger partial charge in [-0.1, -0.05) is 0 Å². The third-order valence-corrected chi connectivity index (χ3v) is 5.24. The summed E-state index contributed by atoms with van der Waals surface area (Å²) < 4.78 is 22.7. The van der Waals surface area contributed by atoms with Crippen molar-refractivity contribution in [2.75, 3.05) is 0 Å². The molecule has 0 heterocycles. The van der Waals surface area contributed by atoms with E-state index in [9.17, 15) is 8.42 Å². The Morgan fingerprint density at radius 1 is 1.29 bits per heavy atom. The molecule has 0 fully saturated rings. The molecular formula is C7H2Br2ClNO2S. The van der Waals surface area contributed by atoms with Crippen molar-refractivity contribution in [2.24, 2.45) is 0 Å². The molecule has 0 saturated carbocycles. The number of halogens is 3. The molecule has 1 aromatic carbocycles. The van der Waals surface area contributed by atoms with Gasteiger partial charge in [-0.05, 0) is 44.0 Å². The van der Waals surface area contributed by atoms with Crippen molar-refractivity contribution < 1.29 is 8.42 Å². The minimum absolute atomic E-state index is 0.0648. The average Bonchev–Trinajstić information content (AvgIpc) is 2.07. The summed E-state index contributed by atoms with van der Waals surface area (Å²) in [6.45, 7) is 0. The number of hydrogen-bond acceptors (Lipinski definition) is 3. The van der Waals surface area contributed by atoms with Crippen LogP contribution in [-0.2, 0) is 9.05 Å². The van der Waals surface area contributed by atoms with Crippen LogP contribution in [0.2, 0.25) is 0 Å². The maximum absolute atomic E-state index is 11.0. The zero-order valence-electron chi connectivity index (χ0n) is 6.46. The zero-order chi connectivity index (χ0) is 10.9. The van der Waals surface area contributed by atoms with Crippen LogP contribution in [-0.4, -0.2) is 8.42 Å². The maximum Gasteiger partial charge on any atom is 0.262 e. The lowest BCUT2D eigenvalue weighted by Crippen LogP contribution is -1.94. The fourth-order valence-electron chi connectivity index (χ4n) is 0.806. The average molecular weight is 359 g/mol. The van der Waals surface area contributed by atoms with E-state index >= 15 is 0 Å². The molecule has 3 nitrogen and oxygen atoms in total. The van der Waals surface area contributed by atoms with Crippen LogP contribution < -0.4 is 0 Å². The van der Waals surface area contributed by atoms with Crippen molar-refractivity contribution in [1.82, 2.24) is 0 Å². The maximum atomic E-state index is 11.0. The first kappa shape index (κ1) is 12.0. The summed E-state index contributed by atoms with van der Waals surface area (Å²) in [5.74, 6) is 0. The van der Waals surface area contributed by atoms with Crippen LogP contribution in [0.15, 0.2) is 26.0 Å². The molecule has 0 atom stereocenters. The number of nitriles is 1. The summed E-state index contributed by atoms with van der Waals surface area (Å²) in [6, 6.07) is 4.55. The first-order valence-corrected chi connectivity index (χ1v) is 7.10. The molecule has 0 spiro atoms. The molecule has 0 aromatic heterocycles. The summed E-state index contributed by atoms with van der Waals surface area (Å²) in [6.07, 6.45) is 0.